The Morgan fingerprint density at radius 1 is 1.20 bits per heavy atom. The minimum absolute atomic E-state index is 0.118. The number of sulfonamides is 1. The Hall–Kier alpha value is -2.36. The molecule has 0 aliphatic carbocycles. The molecule has 3 rings (SSSR count). The van der Waals surface area contributed by atoms with Crippen molar-refractivity contribution in [2.75, 3.05) is 39.1 Å². The van der Waals surface area contributed by atoms with Crippen molar-refractivity contribution in [3.05, 3.63) is 42.4 Å². The predicted molar refractivity (Wildman–Crippen MR) is 114 cm³/mol. The second-order valence-corrected chi connectivity index (χ2v) is 9.42. The molecule has 2 heterocycles. The van der Waals surface area contributed by atoms with E-state index in [0.717, 1.165) is 31.4 Å². The third kappa shape index (κ3) is 5.62. The number of nitrogens with zero attached hydrogens (tertiary/aromatic N) is 2. The molecule has 0 unspecified atom stereocenters. The Morgan fingerprint density at radius 3 is 2.57 bits per heavy atom. The van der Waals surface area contributed by atoms with Crippen LogP contribution in [0, 0.1) is 0 Å². The van der Waals surface area contributed by atoms with Gasteiger partial charge in [-0.1, -0.05) is 12.8 Å². The molecule has 1 aliphatic heterocycles. The van der Waals surface area contributed by atoms with Crippen molar-refractivity contribution in [1.82, 2.24) is 9.21 Å². The van der Waals surface area contributed by atoms with E-state index in [1.807, 2.05) is 6.07 Å². The topological polar surface area (TPSA) is 92.1 Å². The number of hydrogen-bond acceptors (Lipinski definition) is 6. The van der Waals surface area contributed by atoms with Crippen LogP contribution in [0.2, 0.25) is 0 Å². The largest absolute Gasteiger partial charge is 0.495 e. The van der Waals surface area contributed by atoms with Crippen molar-refractivity contribution >= 4 is 21.6 Å². The Labute approximate surface area is 177 Å². The second-order valence-electron chi connectivity index (χ2n) is 7.48. The first kappa shape index (κ1) is 22.3. The summed E-state index contributed by atoms with van der Waals surface area (Å²) in [6, 6.07) is 8.22. The number of ether oxygens (including phenoxy) is 1. The number of nitrogens with one attached hydrogen (secondary N) is 1. The predicted octanol–water partition coefficient (Wildman–Crippen LogP) is 2.92. The Bertz CT molecular complexity index is 936. The molecule has 1 aromatic carbocycles. The zero-order chi connectivity index (χ0) is 21.6. The third-order valence-corrected chi connectivity index (χ3v) is 6.96. The number of hydrogen-bond donors (Lipinski definition) is 1. The summed E-state index contributed by atoms with van der Waals surface area (Å²) in [5.41, 5.74) is 0.338. The highest BCUT2D eigenvalue weighted by atomic mass is 32.2. The minimum atomic E-state index is -3.62. The zero-order valence-electron chi connectivity index (χ0n) is 17.5. The maximum Gasteiger partial charge on any atom is 0.243 e. The maximum absolute atomic E-state index is 13.1. The molecule has 2 aromatic rings. The van der Waals surface area contributed by atoms with Crippen molar-refractivity contribution in [3.63, 3.8) is 0 Å². The quantitative estimate of drug-likeness (QED) is 0.685. The average molecular weight is 436 g/mol. The summed E-state index contributed by atoms with van der Waals surface area (Å²) in [5.74, 6) is 0.895. The lowest BCUT2D eigenvalue weighted by atomic mass is 10.2. The van der Waals surface area contributed by atoms with Gasteiger partial charge in [-0.25, -0.2) is 8.42 Å². The number of methoxy groups -OCH3 is 1. The molecule has 164 valence electrons. The number of likely N-dealkylation sites (N-methyl/N-ethyl adjacent to an activating group) is 1. The van der Waals surface area contributed by atoms with Gasteiger partial charge in [0.25, 0.3) is 0 Å². The fourth-order valence-electron chi connectivity index (χ4n) is 3.54. The maximum atomic E-state index is 13.1. The molecule has 1 amide bonds. The number of furan rings is 1. The Kier molecular flexibility index (Phi) is 7.52. The van der Waals surface area contributed by atoms with Crippen LogP contribution in [-0.4, -0.2) is 57.3 Å². The second kappa shape index (κ2) is 10.1. The number of amides is 1. The molecule has 0 spiro atoms. The van der Waals surface area contributed by atoms with Gasteiger partial charge in [0.15, 0.2) is 0 Å². The molecule has 1 fully saturated rings. The van der Waals surface area contributed by atoms with E-state index < -0.39 is 10.0 Å². The molecule has 9 heteroatoms. The summed E-state index contributed by atoms with van der Waals surface area (Å²) in [5, 5.41) is 2.78. The van der Waals surface area contributed by atoms with Crippen molar-refractivity contribution in [1.29, 1.82) is 0 Å². The van der Waals surface area contributed by atoms with Gasteiger partial charge in [0.05, 0.1) is 37.0 Å². The summed E-state index contributed by atoms with van der Waals surface area (Å²) in [6.07, 6.45) is 5.40. The van der Waals surface area contributed by atoms with E-state index in [1.165, 1.54) is 23.5 Å². The summed E-state index contributed by atoms with van der Waals surface area (Å²) in [7, 11) is -0.334. The Balaban J connectivity index is 1.73. The molecular weight excluding hydrogens is 406 g/mol. The van der Waals surface area contributed by atoms with Gasteiger partial charge in [0, 0.05) is 13.1 Å². The van der Waals surface area contributed by atoms with Crippen LogP contribution in [0.5, 0.6) is 5.75 Å². The average Bonchev–Trinajstić information content (AvgIpc) is 3.05. The SMILES string of the molecule is COc1ccc(S(=O)(=O)N2CCCCCC2)cc1NC(=O)CN(C)Cc1ccco1. The van der Waals surface area contributed by atoms with Crippen LogP contribution in [0.3, 0.4) is 0 Å². The van der Waals surface area contributed by atoms with E-state index in [9.17, 15) is 13.2 Å². The first-order valence-corrected chi connectivity index (χ1v) is 11.5. The molecule has 1 aromatic heterocycles. The lowest BCUT2D eigenvalue weighted by molar-refractivity contribution is -0.117. The zero-order valence-corrected chi connectivity index (χ0v) is 18.3. The fraction of sp³-hybridized carbons (Fsp3) is 0.476. The molecule has 0 bridgehead atoms. The van der Waals surface area contributed by atoms with E-state index in [0.29, 0.717) is 31.1 Å². The van der Waals surface area contributed by atoms with Crippen LogP contribution < -0.4 is 10.1 Å². The van der Waals surface area contributed by atoms with Crippen LogP contribution in [-0.2, 0) is 21.4 Å². The van der Waals surface area contributed by atoms with Crippen LogP contribution in [0.15, 0.2) is 45.9 Å². The molecule has 0 saturated carbocycles. The lowest BCUT2D eigenvalue weighted by Gasteiger charge is -2.21. The van der Waals surface area contributed by atoms with Gasteiger partial charge < -0.3 is 14.5 Å². The van der Waals surface area contributed by atoms with E-state index in [2.05, 4.69) is 5.32 Å². The van der Waals surface area contributed by atoms with Crippen LogP contribution in [0.4, 0.5) is 5.69 Å². The number of rotatable bonds is 8. The van der Waals surface area contributed by atoms with Crippen LogP contribution in [0.25, 0.3) is 0 Å². The van der Waals surface area contributed by atoms with Gasteiger partial charge in [-0.05, 0) is 50.2 Å². The smallest absolute Gasteiger partial charge is 0.243 e. The van der Waals surface area contributed by atoms with Crippen LogP contribution >= 0.6 is 0 Å². The minimum Gasteiger partial charge on any atom is -0.495 e. The normalized spacial score (nSPS) is 15.7. The van der Waals surface area contributed by atoms with Crippen molar-refractivity contribution in [3.8, 4) is 5.75 Å². The standard InChI is InChI=1S/C21H29N3O5S/c1-23(15-17-8-7-13-29-17)16-21(25)22-19-14-18(9-10-20(19)28-2)30(26,27)24-11-5-3-4-6-12-24/h7-10,13-14H,3-6,11-12,15-16H2,1-2H3,(H,22,25). The monoisotopic (exact) mass is 435 g/mol. The van der Waals surface area contributed by atoms with Gasteiger partial charge in [0.2, 0.25) is 15.9 Å². The highest BCUT2D eigenvalue weighted by Crippen LogP contribution is 2.29. The first-order valence-electron chi connectivity index (χ1n) is 10.1. The van der Waals surface area contributed by atoms with Gasteiger partial charge >= 0.3 is 0 Å². The van der Waals surface area contributed by atoms with E-state index >= 15 is 0 Å². The summed E-state index contributed by atoms with van der Waals surface area (Å²) >= 11 is 0. The van der Waals surface area contributed by atoms with Gasteiger partial charge in [-0.2, -0.15) is 4.31 Å². The van der Waals surface area contributed by atoms with Crippen molar-refractivity contribution in [2.24, 2.45) is 0 Å². The third-order valence-electron chi connectivity index (χ3n) is 5.07. The molecular formula is C21H29N3O5S. The molecule has 1 aliphatic rings. The number of benzene rings is 1. The number of carbonyl (C=O) groups is 1. The Morgan fingerprint density at radius 2 is 1.93 bits per heavy atom. The molecule has 8 nitrogen and oxygen atoms in total. The first-order chi connectivity index (χ1) is 14.4. The molecule has 1 saturated heterocycles. The van der Waals surface area contributed by atoms with E-state index in [1.54, 1.807) is 30.3 Å². The van der Waals surface area contributed by atoms with Crippen molar-refractivity contribution in [2.45, 2.75) is 37.1 Å². The summed E-state index contributed by atoms with van der Waals surface area (Å²) in [6.45, 7) is 1.65. The summed E-state index contributed by atoms with van der Waals surface area (Å²) < 4.78 is 38.3. The van der Waals surface area contributed by atoms with E-state index in [-0.39, 0.29) is 17.3 Å². The highest BCUT2D eigenvalue weighted by Gasteiger charge is 2.26. The van der Waals surface area contributed by atoms with Crippen molar-refractivity contribution < 1.29 is 22.4 Å². The molecule has 1 N–H and O–H groups in total. The fourth-order valence-corrected chi connectivity index (χ4v) is 5.08. The van der Waals surface area contributed by atoms with Crippen LogP contribution in [0.1, 0.15) is 31.4 Å². The number of carbonyl (C=O) groups excluding carboxylic acids is 1. The summed E-state index contributed by atoms with van der Waals surface area (Å²) in [4.78, 5) is 14.5. The molecule has 0 atom stereocenters. The lowest BCUT2D eigenvalue weighted by Crippen LogP contribution is -2.32. The number of anilines is 1. The molecule has 30 heavy (non-hydrogen) atoms. The van der Waals surface area contributed by atoms with Gasteiger partial charge in [0.1, 0.15) is 11.5 Å². The highest BCUT2D eigenvalue weighted by molar-refractivity contribution is 7.89. The van der Waals surface area contributed by atoms with Gasteiger partial charge in [-0.15, -0.1) is 0 Å². The van der Waals surface area contributed by atoms with Gasteiger partial charge in [-0.3, -0.25) is 9.69 Å². The molecule has 0 radical (unpaired) electrons. The van der Waals surface area contributed by atoms with E-state index in [4.69, 9.17) is 9.15 Å².